The van der Waals surface area contributed by atoms with E-state index in [4.69, 9.17) is 4.74 Å². The van der Waals surface area contributed by atoms with Gasteiger partial charge in [0.2, 0.25) is 0 Å². The molecule has 0 bridgehead atoms. The van der Waals surface area contributed by atoms with Crippen LogP contribution >= 0.6 is 0 Å². The topological polar surface area (TPSA) is 48.3 Å². The zero-order chi connectivity index (χ0) is 13.6. The molecule has 0 radical (unpaired) electrons. The molecule has 0 aromatic heterocycles. The molecule has 18 heavy (non-hydrogen) atoms. The van der Waals surface area contributed by atoms with Gasteiger partial charge >= 0.3 is 0 Å². The molecule has 0 amide bonds. The highest BCUT2D eigenvalue weighted by Gasteiger charge is 2.29. The number of hydrogen-bond donors (Lipinski definition) is 1. The first kappa shape index (κ1) is 15.4. The van der Waals surface area contributed by atoms with E-state index in [1.165, 1.54) is 0 Å². The molecule has 4 nitrogen and oxygen atoms in total. The third-order valence-electron chi connectivity index (χ3n) is 3.77. The first-order valence-corrected chi connectivity index (χ1v) is 7.06. The number of ether oxygens (including phenoxy) is 1. The summed E-state index contributed by atoms with van der Waals surface area (Å²) in [5, 5.41) is 12.5. The quantitative estimate of drug-likeness (QED) is 0.783. The van der Waals surface area contributed by atoms with Crippen molar-refractivity contribution in [3.63, 3.8) is 0 Å². The van der Waals surface area contributed by atoms with Crippen LogP contribution in [0.2, 0.25) is 0 Å². The zero-order valence-electron chi connectivity index (χ0n) is 12.2. The minimum atomic E-state index is -0.408. The SMILES string of the molecule is CCNC(C)(C#N)CCN1CC(C)OCC1CC. The van der Waals surface area contributed by atoms with Crippen molar-refractivity contribution in [2.45, 2.75) is 58.2 Å². The number of nitriles is 1. The maximum absolute atomic E-state index is 9.27. The maximum Gasteiger partial charge on any atom is 0.105 e. The molecule has 104 valence electrons. The monoisotopic (exact) mass is 253 g/mol. The molecular weight excluding hydrogens is 226 g/mol. The van der Waals surface area contributed by atoms with Crippen LogP contribution in [0, 0.1) is 11.3 Å². The van der Waals surface area contributed by atoms with Crippen LogP contribution in [-0.2, 0) is 4.74 Å². The van der Waals surface area contributed by atoms with Crippen LogP contribution in [0.3, 0.4) is 0 Å². The molecule has 1 aliphatic heterocycles. The van der Waals surface area contributed by atoms with Crippen molar-refractivity contribution < 1.29 is 4.74 Å². The van der Waals surface area contributed by atoms with Gasteiger partial charge in [0.15, 0.2) is 0 Å². The van der Waals surface area contributed by atoms with Crippen LogP contribution < -0.4 is 5.32 Å². The Morgan fingerprint density at radius 3 is 2.78 bits per heavy atom. The van der Waals surface area contributed by atoms with E-state index in [0.29, 0.717) is 12.1 Å². The van der Waals surface area contributed by atoms with E-state index in [2.05, 4.69) is 30.1 Å². The van der Waals surface area contributed by atoms with Crippen LogP contribution in [0.25, 0.3) is 0 Å². The van der Waals surface area contributed by atoms with Crippen LogP contribution in [-0.4, -0.2) is 48.8 Å². The van der Waals surface area contributed by atoms with E-state index in [-0.39, 0.29) is 0 Å². The van der Waals surface area contributed by atoms with Crippen molar-refractivity contribution in [1.29, 1.82) is 5.26 Å². The largest absolute Gasteiger partial charge is 0.376 e. The summed E-state index contributed by atoms with van der Waals surface area (Å²) in [5.74, 6) is 0. The van der Waals surface area contributed by atoms with Crippen LogP contribution in [0.5, 0.6) is 0 Å². The molecule has 1 rings (SSSR count). The minimum absolute atomic E-state index is 0.306. The van der Waals surface area contributed by atoms with Crippen molar-refractivity contribution in [3.05, 3.63) is 0 Å². The smallest absolute Gasteiger partial charge is 0.105 e. The second kappa shape index (κ2) is 7.08. The van der Waals surface area contributed by atoms with Gasteiger partial charge in [0.1, 0.15) is 5.54 Å². The Kier molecular flexibility index (Phi) is 6.07. The average molecular weight is 253 g/mol. The van der Waals surface area contributed by atoms with E-state index in [0.717, 1.165) is 39.1 Å². The summed E-state index contributed by atoms with van der Waals surface area (Å²) >= 11 is 0. The van der Waals surface area contributed by atoms with Gasteiger partial charge in [-0.05, 0) is 33.2 Å². The third-order valence-corrected chi connectivity index (χ3v) is 3.77. The maximum atomic E-state index is 9.27. The van der Waals surface area contributed by atoms with E-state index in [9.17, 15) is 5.26 Å². The lowest BCUT2D eigenvalue weighted by molar-refractivity contribution is -0.0572. The predicted octanol–water partition coefficient (Wildman–Crippen LogP) is 1.77. The summed E-state index contributed by atoms with van der Waals surface area (Å²) in [5.41, 5.74) is -0.408. The molecule has 0 aromatic rings. The number of morpholine rings is 1. The van der Waals surface area contributed by atoms with Crippen molar-refractivity contribution in [3.8, 4) is 6.07 Å². The second-order valence-corrected chi connectivity index (χ2v) is 5.43. The van der Waals surface area contributed by atoms with Gasteiger partial charge in [-0.25, -0.2) is 0 Å². The van der Waals surface area contributed by atoms with Gasteiger partial charge < -0.3 is 4.74 Å². The summed E-state index contributed by atoms with van der Waals surface area (Å²) in [4.78, 5) is 2.47. The third kappa shape index (κ3) is 4.24. The van der Waals surface area contributed by atoms with Gasteiger partial charge in [0.25, 0.3) is 0 Å². The fourth-order valence-corrected chi connectivity index (χ4v) is 2.50. The lowest BCUT2D eigenvalue weighted by Crippen LogP contribution is -2.51. The summed E-state index contributed by atoms with van der Waals surface area (Å²) in [7, 11) is 0. The molecule has 4 heteroatoms. The van der Waals surface area contributed by atoms with E-state index in [1.807, 2.05) is 13.8 Å². The van der Waals surface area contributed by atoms with Crippen molar-refractivity contribution in [1.82, 2.24) is 10.2 Å². The number of rotatable bonds is 6. The molecule has 1 N–H and O–H groups in total. The second-order valence-electron chi connectivity index (χ2n) is 5.43. The Morgan fingerprint density at radius 1 is 1.50 bits per heavy atom. The molecule has 0 spiro atoms. The van der Waals surface area contributed by atoms with E-state index in [1.54, 1.807) is 0 Å². The molecule has 3 atom stereocenters. The van der Waals surface area contributed by atoms with Gasteiger partial charge in [-0.2, -0.15) is 5.26 Å². The van der Waals surface area contributed by atoms with Gasteiger partial charge in [-0.1, -0.05) is 13.8 Å². The van der Waals surface area contributed by atoms with Gasteiger partial charge in [-0.15, -0.1) is 0 Å². The summed E-state index contributed by atoms with van der Waals surface area (Å²) in [6, 6.07) is 2.90. The zero-order valence-corrected chi connectivity index (χ0v) is 12.2. The Labute approximate surface area is 111 Å². The molecular formula is C14H27N3O. The van der Waals surface area contributed by atoms with Crippen molar-refractivity contribution >= 4 is 0 Å². The standard InChI is InChI=1S/C14H27N3O/c1-5-13-10-18-12(3)9-17(13)8-7-14(4,11-15)16-6-2/h12-13,16H,5-10H2,1-4H3. The Morgan fingerprint density at radius 2 is 2.22 bits per heavy atom. The van der Waals surface area contributed by atoms with Crippen LogP contribution in [0.1, 0.15) is 40.5 Å². The number of nitrogens with zero attached hydrogens (tertiary/aromatic N) is 2. The van der Waals surface area contributed by atoms with Crippen molar-refractivity contribution in [2.24, 2.45) is 0 Å². The molecule has 0 aromatic carbocycles. The highest BCUT2D eigenvalue weighted by molar-refractivity contribution is 5.04. The van der Waals surface area contributed by atoms with E-state index >= 15 is 0 Å². The molecule has 0 saturated carbocycles. The Hall–Kier alpha value is -0.630. The first-order valence-electron chi connectivity index (χ1n) is 7.06. The number of hydrogen-bond acceptors (Lipinski definition) is 4. The molecule has 1 aliphatic rings. The normalized spacial score (nSPS) is 28.6. The molecule has 1 fully saturated rings. The first-order chi connectivity index (χ1) is 8.54. The summed E-state index contributed by atoms with van der Waals surface area (Å²) < 4.78 is 5.70. The predicted molar refractivity (Wildman–Crippen MR) is 73.4 cm³/mol. The van der Waals surface area contributed by atoms with Crippen LogP contribution in [0.4, 0.5) is 0 Å². The summed E-state index contributed by atoms with van der Waals surface area (Å²) in [6.07, 6.45) is 2.28. The highest BCUT2D eigenvalue weighted by Crippen LogP contribution is 2.17. The lowest BCUT2D eigenvalue weighted by Gasteiger charge is -2.39. The van der Waals surface area contributed by atoms with Crippen LogP contribution in [0.15, 0.2) is 0 Å². The van der Waals surface area contributed by atoms with Gasteiger partial charge in [0.05, 0.1) is 18.8 Å². The summed E-state index contributed by atoms with van der Waals surface area (Å²) in [6.45, 7) is 11.9. The molecule has 1 heterocycles. The molecule has 0 aliphatic carbocycles. The van der Waals surface area contributed by atoms with Gasteiger partial charge in [-0.3, -0.25) is 10.2 Å². The lowest BCUT2D eigenvalue weighted by atomic mass is 9.98. The number of nitrogens with one attached hydrogen (secondary N) is 1. The van der Waals surface area contributed by atoms with Crippen molar-refractivity contribution in [2.75, 3.05) is 26.2 Å². The van der Waals surface area contributed by atoms with E-state index < -0.39 is 5.54 Å². The Balaban J connectivity index is 2.51. The highest BCUT2D eigenvalue weighted by atomic mass is 16.5. The molecule has 3 unspecified atom stereocenters. The molecule has 1 saturated heterocycles. The minimum Gasteiger partial charge on any atom is -0.376 e. The Bertz CT molecular complexity index is 289. The average Bonchev–Trinajstić information content (AvgIpc) is 2.37. The fraction of sp³-hybridized carbons (Fsp3) is 0.929. The fourth-order valence-electron chi connectivity index (χ4n) is 2.50. The van der Waals surface area contributed by atoms with Gasteiger partial charge in [0, 0.05) is 19.1 Å².